The highest BCUT2D eigenvalue weighted by Crippen LogP contribution is 2.37. The summed E-state index contributed by atoms with van der Waals surface area (Å²) in [5.41, 5.74) is 3.35. The zero-order chi connectivity index (χ0) is 19.6. The molecule has 1 aromatic carbocycles. The Bertz CT molecular complexity index is 857. The first-order chi connectivity index (χ1) is 13.0. The van der Waals surface area contributed by atoms with E-state index in [1.165, 1.54) is 0 Å². The van der Waals surface area contributed by atoms with Gasteiger partial charge in [0.2, 0.25) is 11.1 Å². The van der Waals surface area contributed by atoms with Crippen molar-refractivity contribution in [3.63, 3.8) is 0 Å². The molecule has 0 saturated carbocycles. The number of carbonyl (C=O) groups excluding carboxylic acids is 1. The van der Waals surface area contributed by atoms with Crippen LogP contribution in [-0.2, 0) is 9.53 Å². The lowest BCUT2D eigenvalue weighted by atomic mass is 9.95. The molecular weight excluding hydrogens is 362 g/mol. The molecule has 0 fully saturated rings. The second-order valence-electron chi connectivity index (χ2n) is 6.37. The molecule has 1 N–H and O–H groups in total. The van der Waals surface area contributed by atoms with E-state index in [0.717, 1.165) is 22.7 Å². The van der Waals surface area contributed by atoms with Crippen molar-refractivity contribution >= 4 is 29.4 Å². The number of benzene rings is 1. The third-order valence-electron chi connectivity index (χ3n) is 4.33. The highest BCUT2D eigenvalue weighted by atomic mass is 32.2. The van der Waals surface area contributed by atoms with Crippen LogP contribution >= 0.6 is 11.8 Å². The Morgan fingerprint density at radius 3 is 2.59 bits per heavy atom. The summed E-state index contributed by atoms with van der Waals surface area (Å²) in [6, 6.07) is 7.74. The van der Waals surface area contributed by atoms with Gasteiger partial charge in [-0.3, -0.25) is 0 Å². The maximum Gasteiger partial charge on any atom is 0.338 e. The average molecular weight is 388 g/mol. The van der Waals surface area contributed by atoms with Crippen LogP contribution in [0.5, 0.6) is 0 Å². The third kappa shape index (κ3) is 3.80. The molecule has 0 aliphatic carbocycles. The lowest BCUT2D eigenvalue weighted by Gasteiger charge is -2.28. The summed E-state index contributed by atoms with van der Waals surface area (Å²) >= 11 is 1.57. The van der Waals surface area contributed by atoms with E-state index in [2.05, 4.69) is 22.3 Å². The number of carbonyl (C=O) groups is 1. The van der Waals surface area contributed by atoms with Crippen LogP contribution in [0.15, 0.2) is 40.7 Å². The standard InChI is InChI=1S/C19H25N5O2S/c1-6-26-17(25)15-12(3)20-18-21-19(27-7-2)22-24(18)16(15)13-8-10-14(11-9-13)23(4)5/h8-11,16H,6-7H2,1-5H3,(H,20,21,22). The number of thioether (sulfide) groups is 1. The molecule has 8 heteroatoms. The molecule has 0 bridgehead atoms. The molecule has 2 heterocycles. The zero-order valence-electron chi connectivity index (χ0n) is 16.3. The second-order valence-corrected chi connectivity index (χ2v) is 7.60. The summed E-state index contributed by atoms with van der Waals surface area (Å²) in [6.45, 7) is 6.06. The largest absolute Gasteiger partial charge is 0.463 e. The number of esters is 1. The first-order valence-corrected chi connectivity index (χ1v) is 9.96. The summed E-state index contributed by atoms with van der Waals surface area (Å²) in [4.78, 5) is 19.3. The molecule has 7 nitrogen and oxygen atoms in total. The molecule has 1 aromatic heterocycles. The lowest BCUT2D eigenvalue weighted by Crippen LogP contribution is -2.29. The molecule has 2 aromatic rings. The number of aromatic nitrogens is 3. The molecular formula is C19H25N5O2S. The molecule has 0 spiro atoms. The van der Waals surface area contributed by atoms with Crippen LogP contribution < -0.4 is 10.2 Å². The Hall–Kier alpha value is -2.48. The van der Waals surface area contributed by atoms with Crippen molar-refractivity contribution in [1.29, 1.82) is 0 Å². The van der Waals surface area contributed by atoms with E-state index in [4.69, 9.17) is 4.74 Å². The van der Waals surface area contributed by atoms with Crippen LogP contribution in [0, 0.1) is 0 Å². The SMILES string of the molecule is CCOC(=O)C1=C(C)Nc2nc(SCC)nn2C1c1ccc(N(C)C)cc1. The Morgan fingerprint density at radius 1 is 1.30 bits per heavy atom. The zero-order valence-corrected chi connectivity index (χ0v) is 17.1. The van der Waals surface area contributed by atoms with E-state index < -0.39 is 0 Å². The molecule has 0 radical (unpaired) electrons. The van der Waals surface area contributed by atoms with E-state index in [-0.39, 0.29) is 12.0 Å². The molecule has 1 atom stereocenters. The van der Waals surface area contributed by atoms with Crippen LogP contribution in [0.1, 0.15) is 32.4 Å². The molecule has 0 amide bonds. The Balaban J connectivity index is 2.10. The number of ether oxygens (including phenoxy) is 1. The number of fused-ring (bicyclic) bond motifs is 1. The Labute approximate surface area is 163 Å². The first-order valence-electron chi connectivity index (χ1n) is 8.97. The number of anilines is 2. The topological polar surface area (TPSA) is 72.3 Å². The van der Waals surface area contributed by atoms with Crippen LogP contribution in [-0.4, -0.2) is 47.2 Å². The van der Waals surface area contributed by atoms with Gasteiger partial charge in [0, 0.05) is 25.5 Å². The normalized spacial score (nSPS) is 16.0. The molecule has 27 heavy (non-hydrogen) atoms. The summed E-state index contributed by atoms with van der Waals surface area (Å²) in [6.07, 6.45) is 0. The highest BCUT2D eigenvalue weighted by Gasteiger charge is 2.35. The molecule has 144 valence electrons. The van der Waals surface area contributed by atoms with Gasteiger partial charge in [-0.15, -0.1) is 5.10 Å². The molecule has 1 aliphatic heterocycles. The molecule has 3 rings (SSSR count). The minimum atomic E-state index is -0.379. The Kier molecular flexibility index (Phi) is 5.74. The number of nitrogens with one attached hydrogen (secondary N) is 1. The van der Waals surface area contributed by atoms with Crippen molar-refractivity contribution in [3.8, 4) is 0 Å². The van der Waals surface area contributed by atoms with Gasteiger partial charge in [-0.25, -0.2) is 9.48 Å². The third-order valence-corrected chi connectivity index (χ3v) is 5.05. The van der Waals surface area contributed by atoms with Crippen LogP contribution in [0.4, 0.5) is 11.6 Å². The van der Waals surface area contributed by atoms with Gasteiger partial charge in [-0.05, 0) is 37.3 Å². The monoisotopic (exact) mass is 387 g/mol. The molecule has 1 aliphatic rings. The summed E-state index contributed by atoms with van der Waals surface area (Å²) in [5, 5.41) is 8.53. The maximum absolute atomic E-state index is 12.7. The number of hydrogen-bond donors (Lipinski definition) is 1. The van der Waals surface area contributed by atoms with Gasteiger partial charge in [0.1, 0.15) is 6.04 Å². The van der Waals surface area contributed by atoms with E-state index in [1.807, 2.05) is 57.1 Å². The van der Waals surface area contributed by atoms with Gasteiger partial charge in [0.15, 0.2) is 0 Å². The summed E-state index contributed by atoms with van der Waals surface area (Å²) in [5.74, 6) is 1.18. The van der Waals surface area contributed by atoms with E-state index in [1.54, 1.807) is 16.4 Å². The van der Waals surface area contributed by atoms with Crippen molar-refractivity contribution in [2.45, 2.75) is 32.0 Å². The van der Waals surface area contributed by atoms with Gasteiger partial charge in [0.25, 0.3) is 0 Å². The highest BCUT2D eigenvalue weighted by molar-refractivity contribution is 7.99. The number of allylic oxidation sites excluding steroid dienone is 1. The van der Waals surface area contributed by atoms with Gasteiger partial charge in [0.05, 0.1) is 12.2 Å². The molecule has 1 unspecified atom stereocenters. The quantitative estimate of drug-likeness (QED) is 0.602. The van der Waals surface area contributed by atoms with E-state index in [9.17, 15) is 4.79 Å². The number of rotatable bonds is 6. The molecule has 0 saturated heterocycles. The maximum atomic E-state index is 12.7. The van der Waals surface area contributed by atoms with Crippen molar-refractivity contribution < 1.29 is 9.53 Å². The van der Waals surface area contributed by atoms with E-state index >= 15 is 0 Å². The minimum absolute atomic E-state index is 0.322. The van der Waals surface area contributed by atoms with Crippen molar-refractivity contribution in [2.75, 3.05) is 36.7 Å². The van der Waals surface area contributed by atoms with Gasteiger partial charge >= 0.3 is 5.97 Å². The minimum Gasteiger partial charge on any atom is -0.463 e. The summed E-state index contributed by atoms with van der Waals surface area (Å²) in [7, 11) is 3.99. The Morgan fingerprint density at radius 2 is 2.00 bits per heavy atom. The fourth-order valence-corrected chi connectivity index (χ4v) is 3.61. The fourth-order valence-electron chi connectivity index (χ4n) is 3.06. The lowest BCUT2D eigenvalue weighted by molar-refractivity contribution is -0.139. The number of nitrogens with zero attached hydrogens (tertiary/aromatic N) is 4. The second kappa shape index (κ2) is 8.04. The van der Waals surface area contributed by atoms with Crippen molar-refractivity contribution in [2.24, 2.45) is 0 Å². The number of hydrogen-bond acceptors (Lipinski definition) is 7. The smallest absolute Gasteiger partial charge is 0.338 e. The van der Waals surface area contributed by atoms with Crippen molar-refractivity contribution in [1.82, 2.24) is 14.8 Å². The summed E-state index contributed by atoms with van der Waals surface area (Å²) < 4.78 is 7.10. The average Bonchev–Trinajstić information content (AvgIpc) is 3.03. The van der Waals surface area contributed by atoms with Crippen LogP contribution in [0.2, 0.25) is 0 Å². The predicted molar refractivity (Wildman–Crippen MR) is 108 cm³/mol. The van der Waals surface area contributed by atoms with Gasteiger partial charge < -0.3 is 15.0 Å². The predicted octanol–water partition coefficient (Wildman–Crippen LogP) is 3.31. The first kappa shape index (κ1) is 19.3. The van der Waals surface area contributed by atoms with Gasteiger partial charge in [-0.2, -0.15) is 4.98 Å². The van der Waals surface area contributed by atoms with Crippen LogP contribution in [0.3, 0.4) is 0 Å². The van der Waals surface area contributed by atoms with Crippen molar-refractivity contribution in [3.05, 3.63) is 41.1 Å². The van der Waals surface area contributed by atoms with Crippen LogP contribution in [0.25, 0.3) is 0 Å². The van der Waals surface area contributed by atoms with Gasteiger partial charge in [-0.1, -0.05) is 30.8 Å². The fraction of sp³-hybridized carbons (Fsp3) is 0.421. The van der Waals surface area contributed by atoms with E-state index in [0.29, 0.717) is 23.3 Å².